The van der Waals surface area contributed by atoms with Crippen LogP contribution in [0.2, 0.25) is 5.02 Å². The van der Waals surface area contributed by atoms with Crippen molar-refractivity contribution < 1.29 is 4.79 Å². The van der Waals surface area contributed by atoms with Gasteiger partial charge in [-0.1, -0.05) is 0 Å². The predicted octanol–water partition coefficient (Wildman–Crippen LogP) is 3.62. The molecule has 1 aromatic rings. The van der Waals surface area contributed by atoms with Crippen molar-refractivity contribution >= 4 is 38.3 Å². The number of amides is 1. The summed E-state index contributed by atoms with van der Waals surface area (Å²) in [6.45, 7) is 10.4. The molecule has 0 saturated carbocycles. The van der Waals surface area contributed by atoms with E-state index in [1.54, 1.807) is 24.3 Å². The minimum absolute atomic E-state index is 0.252. The van der Waals surface area contributed by atoms with Gasteiger partial charge in [0.05, 0.1) is 0 Å². The van der Waals surface area contributed by atoms with Crippen LogP contribution in [-0.4, -0.2) is 44.6 Å². The Kier molecular flexibility index (Phi) is 7.44. The number of carbonyl (C=O) groups excluding carboxylic acids is 1. The normalized spacial score (nSPS) is 12.0. The summed E-state index contributed by atoms with van der Waals surface area (Å²) in [5, 5.41) is 0.611. The molecule has 0 fully saturated rings. The number of carbonyl (C=O) groups is 1. The predicted molar refractivity (Wildman–Crippen MR) is 90.2 cm³/mol. The maximum atomic E-state index is 12.2. The molecule has 0 bridgehead atoms. The molecular weight excluding hydrogens is 351 g/mol. The Morgan fingerprint density at radius 2 is 1.62 bits per heavy atom. The van der Waals surface area contributed by atoms with Crippen molar-refractivity contribution in [2.24, 2.45) is 16.8 Å². The minimum atomic E-state index is -0.252. The summed E-state index contributed by atoms with van der Waals surface area (Å²) in [5.41, 5.74) is 0.543. The van der Waals surface area contributed by atoms with Crippen LogP contribution in [-0.2, 0) is 0 Å². The molecule has 0 atom stereocenters. The first-order valence-electron chi connectivity index (χ1n) is 7.10. The fourth-order valence-corrected chi connectivity index (χ4v) is 2.54. The fraction of sp³-hybridized carbons (Fsp3) is 0.500. The van der Waals surface area contributed by atoms with Gasteiger partial charge in [-0.05, 0) is 0 Å². The molecule has 0 aliphatic carbocycles. The van der Waals surface area contributed by atoms with E-state index in [2.05, 4.69) is 53.6 Å². The quantitative estimate of drug-likeness (QED) is 0.449. The molecule has 5 heteroatoms. The third-order valence-electron chi connectivity index (χ3n) is 2.73. The van der Waals surface area contributed by atoms with Crippen molar-refractivity contribution in [2.75, 3.05) is 13.1 Å². The van der Waals surface area contributed by atoms with Crippen LogP contribution in [0.1, 0.15) is 38.1 Å². The first-order valence-corrected chi connectivity index (χ1v) is 8.33. The Morgan fingerprint density at radius 3 is 2.05 bits per heavy atom. The van der Waals surface area contributed by atoms with Crippen LogP contribution in [0.4, 0.5) is 0 Å². The van der Waals surface area contributed by atoms with E-state index in [4.69, 9.17) is 11.6 Å². The van der Waals surface area contributed by atoms with Crippen molar-refractivity contribution in [3.63, 3.8) is 0 Å². The Balaban J connectivity index is 2.87. The summed E-state index contributed by atoms with van der Waals surface area (Å²) in [6.07, 6.45) is 0. The SMILES string of the molecule is CC(C)CN(CC(C)C)C([Se])=NC(=O)c1ccc(Cl)cc1. The molecule has 1 rings (SSSR count). The molecule has 1 amide bonds. The molecule has 0 N–H and O–H groups in total. The third-order valence-corrected chi connectivity index (χ3v) is 3.72. The summed E-state index contributed by atoms with van der Waals surface area (Å²) >= 11 is 8.75. The van der Waals surface area contributed by atoms with Gasteiger partial charge in [-0.25, -0.2) is 0 Å². The van der Waals surface area contributed by atoms with E-state index in [9.17, 15) is 4.79 Å². The topological polar surface area (TPSA) is 32.7 Å². The number of benzene rings is 1. The Labute approximate surface area is 140 Å². The van der Waals surface area contributed by atoms with Crippen LogP contribution in [0.3, 0.4) is 0 Å². The van der Waals surface area contributed by atoms with Crippen LogP contribution >= 0.6 is 11.6 Å². The Hall–Kier alpha value is -0.831. The average Bonchev–Trinajstić information content (AvgIpc) is 2.37. The van der Waals surface area contributed by atoms with Gasteiger partial charge in [0.2, 0.25) is 0 Å². The van der Waals surface area contributed by atoms with E-state index >= 15 is 0 Å². The van der Waals surface area contributed by atoms with Gasteiger partial charge in [0, 0.05) is 0 Å². The number of hydrogen-bond donors (Lipinski definition) is 0. The Bertz CT molecular complexity index is 488. The van der Waals surface area contributed by atoms with Crippen molar-refractivity contribution in [1.82, 2.24) is 4.90 Å². The molecule has 0 spiro atoms. The van der Waals surface area contributed by atoms with Crippen LogP contribution in [0.15, 0.2) is 29.3 Å². The first kappa shape index (κ1) is 18.2. The summed E-state index contributed by atoms with van der Waals surface area (Å²) in [5.74, 6) is 0.763. The molecule has 0 saturated heterocycles. The van der Waals surface area contributed by atoms with Crippen LogP contribution in [0, 0.1) is 11.8 Å². The number of hydrogen-bond acceptors (Lipinski definition) is 1. The number of aliphatic imine (C=N–C) groups is 1. The number of nitrogens with zero attached hydrogens (tertiary/aromatic N) is 2. The molecule has 0 aliphatic heterocycles. The summed E-state index contributed by atoms with van der Waals surface area (Å²) < 4.78 is 0.650. The first-order chi connectivity index (χ1) is 9.79. The summed E-state index contributed by atoms with van der Waals surface area (Å²) in [4.78, 5) is 18.5. The molecule has 115 valence electrons. The second-order valence-electron chi connectivity index (χ2n) is 5.90. The number of halogens is 1. The van der Waals surface area contributed by atoms with E-state index in [0.29, 0.717) is 27.2 Å². The van der Waals surface area contributed by atoms with E-state index in [1.165, 1.54) is 0 Å². The van der Waals surface area contributed by atoms with Gasteiger partial charge in [0.1, 0.15) is 0 Å². The van der Waals surface area contributed by atoms with E-state index in [0.717, 1.165) is 13.1 Å². The molecule has 1 aromatic carbocycles. The van der Waals surface area contributed by atoms with Crippen molar-refractivity contribution in [3.8, 4) is 0 Å². The van der Waals surface area contributed by atoms with Gasteiger partial charge in [0.25, 0.3) is 0 Å². The van der Waals surface area contributed by atoms with Gasteiger partial charge >= 0.3 is 140 Å². The van der Waals surface area contributed by atoms with Crippen molar-refractivity contribution in [3.05, 3.63) is 34.9 Å². The van der Waals surface area contributed by atoms with Crippen molar-refractivity contribution in [1.29, 1.82) is 0 Å². The molecule has 21 heavy (non-hydrogen) atoms. The van der Waals surface area contributed by atoms with Gasteiger partial charge in [-0.3, -0.25) is 0 Å². The van der Waals surface area contributed by atoms with Crippen LogP contribution in [0.5, 0.6) is 0 Å². The van der Waals surface area contributed by atoms with Crippen LogP contribution in [0.25, 0.3) is 0 Å². The Morgan fingerprint density at radius 1 is 1.14 bits per heavy atom. The summed E-state index contributed by atoms with van der Waals surface area (Å²) in [6, 6.07) is 6.78. The van der Waals surface area contributed by atoms with Gasteiger partial charge in [-0.2, -0.15) is 0 Å². The monoisotopic (exact) mass is 373 g/mol. The van der Waals surface area contributed by atoms with E-state index in [1.807, 2.05) is 0 Å². The zero-order valence-corrected chi connectivity index (χ0v) is 15.4. The van der Waals surface area contributed by atoms with Gasteiger partial charge in [0.15, 0.2) is 0 Å². The van der Waals surface area contributed by atoms with Crippen LogP contribution < -0.4 is 0 Å². The maximum absolute atomic E-state index is 12.2. The zero-order chi connectivity index (χ0) is 16.0. The third kappa shape index (κ3) is 6.64. The standard InChI is InChI=1S/C16H22ClN2OSe/c1-11(2)9-19(10-12(3)4)16(21)18-15(20)13-5-7-14(17)8-6-13/h5-8,11-12H,9-10H2,1-4H3. The molecule has 0 aliphatic rings. The van der Waals surface area contributed by atoms with E-state index in [-0.39, 0.29) is 5.91 Å². The number of amidine groups is 1. The molecule has 0 aromatic heterocycles. The molecule has 3 nitrogen and oxygen atoms in total. The van der Waals surface area contributed by atoms with Crippen molar-refractivity contribution in [2.45, 2.75) is 27.7 Å². The number of rotatable bonds is 5. The molecule has 0 unspecified atom stereocenters. The van der Waals surface area contributed by atoms with E-state index < -0.39 is 0 Å². The molecule has 1 radical (unpaired) electrons. The van der Waals surface area contributed by atoms with Gasteiger partial charge < -0.3 is 0 Å². The second-order valence-corrected chi connectivity index (χ2v) is 7.10. The average molecular weight is 373 g/mol. The molecule has 0 heterocycles. The van der Waals surface area contributed by atoms with Gasteiger partial charge in [-0.15, -0.1) is 0 Å². The molecular formula is C16H22ClN2OSe. The zero-order valence-electron chi connectivity index (χ0n) is 13.0. The second kappa shape index (κ2) is 8.57. The fourth-order valence-electron chi connectivity index (χ4n) is 1.93. The summed E-state index contributed by atoms with van der Waals surface area (Å²) in [7, 11) is 0.